The van der Waals surface area contributed by atoms with E-state index in [-0.39, 0.29) is 18.5 Å². The Kier molecular flexibility index (Phi) is 10.1. The van der Waals surface area contributed by atoms with E-state index in [1.54, 1.807) is 20.9 Å². The molecule has 11 heteroatoms. The quantitative estimate of drug-likeness (QED) is 0.267. The fourth-order valence-corrected chi connectivity index (χ4v) is 4.38. The molecule has 0 saturated heterocycles. The Morgan fingerprint density at radius 3 is 2.43 bits per heavy atom. The van der Waals surface area contributed by atoms with Crippen LogP contribution < -0.4 is 21.7 Å². The van der Waals surface area contributed by atoms with Crippen LogP contribution in [0, 0.1) is 0 Å². The van der Waals surface area contributed by atoms with Crippen LogP contribution in [0.3, 0.4) is 0 Å². The Hall–Kier alpha value is -3.41. The smallest absolute Gasteiger partial charge is 0.314 e. The molecule has 1 unspecified atom stereocenters. The number of hydrogen-bond acceptors (Lipinski definition) is 7. The Labute approximate surface area is 221 Å². The number of hydrogen-bond donors (Lipinski definition) is 4. The molecule has 0 fully saturated rings. The molecular weight excluding hydrogens is 490 g/mol. The summed E-state index contributed by atoms with van der Waals surface area (Å²) in [6.07, 6.45) is 0. The van der Waals surface area contributed by atoms with E-state index < -0.39 is 11.6 Å². The fraction of sp³-hybridized carbons (Fsp3) is 0.385. The van der Waals surface area contributed by atoms with Gasteiger partial charge in [0, 0.05) is 26.4 Å². The highest BCUT2D eigenvalue weighted by molar-refractivity contribution is 7.98. The van der Waals surface area contributed by atoms with Crippen molar-refractivity contribution in [1.29, 1.82) is 0 Å². The van der Waals surface area contributed by atoms with Gasteiger partial charge in [0.2, 0.25) is 5.91 Å². The lowest BCUT2D eigenvalue weighted by molar-refractivity contribution is -0.126. The third-order valence-electron chi connectivity index (χ3n) is 5.61. The molecule has 0 saturated carbocycles. The second kappa shape index (κ2) is 13.2. The molecule has 5 N–H and O–H groups in total. The van der Waals surface area contributed by atoms with E-state index in [9.17, 15) is 9.59 Å². The van der Waals surface area contributed by atoms with E-state index in [1.807, 2.05) is 66.2 Å². The van der Waals surface area contributed by atoms with Gasteiger partial charge in [0.05, 0.1) is 18.8 Å². The molecule has 3 rings (SSSR count). The number of rotatable bonds is 12. The van der Waals surface area contributed by atoms with Crippen molar-refractivity contribution < 1.29 is 14.3 Å². The van der Waals surface area contributed by atoms with Crippen molar-refractivity contribution >= 4 is 23.7 Å². The normalized spacial score (nSPS) is 12.1. The maximum atomic E-state index is 12.7. The Morgan fingerprint density at radius 1 is 1.08 bits per heavy atom. The van der Waals surface area contributed by atoms with Gasteiger partial charge in [-0.1, -0.05) is 66.4 Å². The summed E-state index contributed by atoms with van der Waals surface area (Å²) in [6, 6.07) is 17.0. The van der Waals surface area contributed by atoms with E-state index in [0.717, 1.165) is 16.7 Å². The molecule has 1 heterocycles. The summed E-state index contributed by atoms with van der Waals surface area (Å²) < 4.78 is 7.79. The summed E-state index contributed by atoms with van der Waals surface area (Å²) in [6.45, 7) is 4.33. The number of carbonyl (C=O) groups excluding carboxylic acids is 2. The molecule has 1 atom stereocenters. The van der Waals surface area contributed by atoms with Gasteiger partial charge in [-0.05, 0) is 30.5 Å². The molecule has 0 bridgehead atoms. The Balaban J connectivity index is 1.71. The van der Waals surface area contributed by atoms with E-state index in [1.165, 1.54) is 11.8 Å². The van der Waals surface area contributed by atoms with Gasteiger partial charge in [-0.3, -0.25) is 4.79 Å². The first-order chi connectivity index (χ1) is 17.7. The monoisotopic (exact) mass is 525 g/mol. The van der Waals surface area contributed by atoms with Crippen LogP contribution in [0.25, 0.3) is 0 Å². The predicted molar refractivity (Wildman–Crippen MR) is 144 cm³/mol. The first-order valence-electron chi connectivity index (χ1n) is 11.9. The summed E-state index contributed by atoms with van der Waals surface area (Å²) in [5.41, 5.74) is 8.09. The van der Waals surface area contributed by atoms with Crippen LogP contribution in [-0.2, 0) is 35.5 Å². The zero-order valence-electron chi connectivity index (χ0n) is 21.7. The van der Waals surface area contributed by atoms with Gasteiger partial charge in [-0.15, -0.1) is 10.2 Å². The maximum Gasteiger partial charge on any atom is 0.314 e. The molecule has 37 heavy (non-hydrogen) atoms. The molecule has 0 aliphatic carbocycles. The molecule has 0 aliphatic heterocycles. The Morgan fingerprint density at radius 2 is 1.76 bits per heavy atom. The van der Waals surface area contributed by atoms with Crippen LogP contribution in [0.2, 0.25) is 0 Å². The number of urea groups is 1. The van der Waals surface area contributed by atoms with Crippen LogP contribution in [0.1, 0.15) is 42.4 Å². The van der Waals surface area contributed by atoms with E-state index in [4.69, 9.17) is 10.5 Å². The molecule has 2 aromatic carbocycles. The van der Waals surface area contributed by atoms with Crippen LogP contribution in [0.4, 0.5) is 4.79 Å². The van der Waals surface area contributed by atoms with Gasteiger partial charge in [-0.25, -0.2) is 4.79 Å². The highest BCUT2D eigenvalue weighted by atomic mass is 32.2. The number of ether oxygens (including phenoxy) is 1. The van der Waals surface area contributed by atoms with Crippen molar-refractivity contribution in [3.63, 3.8) is 0 Å². The van der Waals surface area contributed by atoms with Gasteiger partial charge in [0.25, 0.3) is 0 Å². The topological polar surface area (TPSA) is 136 Å². The van der Waals surface area contributed by atoms with Crippen molar-refractivity contribution in [3.8, 4) is 0 Å². The van der Waals surface area contributed by atoms with Gasteiger partial charge in [-0.2, -0.15) is 0 Å². The van der Waals surface area contributed by atoms with Crippen LogP contribution >= 0.6 is 11.8 Å². The summed E-state index contributed by atoms with van der Waals surface area (Å²) >= 11 is 1.52. The average molecular weight is 526 g/mol. The molecular formula is C26H35N7O3S. The number of nitrogens with zero attached hydrogens (tertiary/aromatic N) is 3. The molecule has 3 amide bonds. The second-order valence-corrected chi connectivity index (χ2v) is 10.1. The molecule has 0 aliphatic rings. The van der Waals surface area contributed by atoms with E-state index in [2.05, 4.69) is 26.1 Å². The first-order valence-corrected chi connectivity index (χ1v) is 12.9. The average Bonchev–Trinajstić information content (AvgIpc) is 3.25. The molecule has 198 valence electrons. The minimum atomic E-state index is -1.06. The maximum absolute atomic E-state index is 12.7. The lowest BCUT2D eigenvalue weighted by atomic mass is 10.1. The van der Waals surface area contributed by atoms with Crippen LogP contribution in [0.5, 0.6) is 0 Å². The minimum absolute atomic E-state index is 0.210. The highest BCUT2D eigenvalue weighted by Gasteiger charge is 2.28. The summed E-state index contributed by atoms with van der Waals surface area (Å²) in [7, 11) is 3.44. The first kappa shape index (κ1) is 28.2. The molecule has 0 radical (unpaired) electrons. The van der Waals surface area contributed by atoms with Crippen molar-refractivity contribution in [2.45, 2.75) is 49.5 Å². The largest absolute Gasteiger partial charge is 0.374 e. The SMILES string of the molecule is CNC(=O)NCc1ccccc1CSc1nnc(C(COCc2ccccc2)NC(=O)C(C)(C)N)n1C. The van der Waals surface area contributed by atoms with Crippen LogP contribution in [0.15, 0.2) is 59.8 Å². The summed E-state index contributed by atoms with van der Waals surface area (Å²) in [4.78, 5) is 24.3. The summed E-state index contributed by atoms with van der Waals surface area (Å²) in [5.74, 6) is 0.896. The van der Waals surface area contributed by atoms with Gasteiger partial charge >= 0.3 is 6.03 Å². The van der Waals surface area contributed by atoms with E-state index in [0.29, 0.717) is 29.9 Å². The number of carbonyl (C=O) groups is 2. The number of thioether (sulfide) groups is 1. The predicted octanol–water partition coefficient (Wildman–Crippen LogP) is 2.65. The lowest BCUT2D eigenvalue weighted by Crippen LogP contribution is -2.51. The molecule has 1 aromatic heterocycles. The second-order valence-electron chi connectivity index (χ2n) is 9.14. The Bertz CT molecular complexity index is 1180. The standard InChI is InChI=1S/C26H35N7O3S/c1-26(2,27)23(34)30-21(16-36-15-18-10-6-5-7-11-18)22-31-32-25(33(22)4)37-17-20-13-9-8-12-19(20)14-29-24(35)28-3/h5-13,21H,14-17,27H2,1-4H3,(H,30,34)(H2,28,29,35). The zero-order chi connectivity index (χ0) is 26.8. The van der Waals surface area contributed by atoms with E-state index >= 15 is 0 Å². The number of nitrogens with two attached hydrogens (primary N) is 1. The lowest BCUT2D eigenvalue weighted by Gasteiger charge is -2.24. The van der Waals surface area contributed by atoms with Gasteiger partial charge in [0.15, 0.2) is 11.0 Å². The summed E-state index contributed by atoms with van der Waals surface area (Å²) in [5, 5.41) is 17.8. The molecule has 0 spiro atoms. The van der Waals surface area contributed by atoms with Gasteiger partial charge in [0.1, 0.15) is 6.04 Å². The van der Waals surface area contributed by atoms with Crippen molar-refractivity contribution in [2.24, 2.45) is 12.8 Å². The van der Waals surface area contributed by atoms with Crippen molar-refractivity contribution in [2.75, 3.05) is 13.7 Å². The van der Waals surface area contributed by atoms with Crippen molar-refractivity contribution in [3.05, 3.63) is 77.1 Å². The number of aromatic nitrogens is 3. The number of benzene rings is 2. The third-order valence-corrected chi connectivity index (χ3v) is 6.68. The molecule has 3 aromatic rings. The fourth-order valence-electron chi connectivity index (χ4n) is 3.43. The highest BCUT2D eigenvalue weighted by Crippen LogP contribution is 2.25. The molecule has 10 nitrogen and oxygen atoms in total. The number of amides is 3. The third kappa shape index (κ3) is 8.31. The van der Waals surface area contributed by atoms with Crippen LogP contribution in [-0.4, -0.2) is 45.9 Å². The number of nitrogens with one attached hydrogen (secondary N) is 3. The van der Waals surface area contributed by atoms with Gasteiger partial charge < -0.3 is 31.0 Å². The minimum Gasteiger partial charge on any atom is -0.374 e. The zero-order valence-corrected chi connectivity index (χ0v) is 22.5. The van der Waals surface area contributed by atoms with Crippen molar-refractivity contribution in [1.82, 2.24) is 30.7 Å².